The highest BCUT2D eigenvalue weighted by Gasteiger charge is 2.33. The lowest BCUT2D eigenvalue weighted by Crippen LogP contribution is -2.23. The van der Waals surface area contributed by atoms with Gasteiger partial charge in [0, 0.05) is 5.92 Å². The predicted octanol–water partition coefficient (Wildman–Crippen LogP) is 4.25. The molecule has 0 spiro atoms. The van der Waals surface area contributed by atoms with Crippen LogP contribution in [0.5, 0.6) is 5.75 Å². The van der Waals surface area contributed by atoms with Crippen LogP contribution >= 0.6 is 23.5 Å². The van der Waals surface area contributed by atoms with Crippen molar-refractivity contribution in [3.8, 4) is 5.75 Å². The van der Waals surface area contributed by atoms with Gasteiger partial charge in [-0.1, -0.05) is 42.5 Å². The highest BCUT2D eigenvalue weighted by atomic mass is 32.2. The first kappa shape index (κ1) is 20.1. The summed E-state index contributed by atoms with van der Waals surface area (Å²) in [5, 5.41) is 11.3. The second-order valence-electron chi connectivity index (χ2n) is 6.28. The Bertz CT molecular complexity index is 732. The molecule has 0 radical (unpaired) electrons. The van der Waals surface area contributed by atoms with E-state index in [0.29, 0.717) is 10.3 Å². The molecule has 2 aromatic carbocycles. The summed E-state index contributed by atoms with van der Waals surface area (Å²) in [6, 6.07) is 17.5. The lowest BCUT2D eigenvalue weighted by atomic mass is 9.90. The first-order chi connectivity index (χ1) is 13.2. The van der Waals surface area contributed by atoms with Crippen molar-refractivity contribution in [3.63, 3.8) is 0 Å². The fourth-order valence-electron chi connectivity index (χ4n) is 3.07. The number of esters is 1. The second kappa shape index (κ2) is 10.1. The summed E-state index contributed by atoms with van der Waals surface area (Å²) in [5.41, 5.74) is 1.93. The standard InChI is InChI=1S/C21H24O4S2/c1-24-18(22)14-25-17-10-5-9-16(13-17)20(23)19(15-7-3-2-4-8-15)21-26-11-6-12-27-21/h2-5,7-10,13,19-21,23H,6,11-12,14H2,1H3. The topological polar surface area (TPSA) is 55.8 Å². The van der Waals surface area contributed by atoms with Gasteiger partial charge in [-0.05, 0) is 41.2 Å². The van der Waals surface area contributed by atoms with Crippen LogP contribution < -0.4 is 4.74 Å². The van der Waals surface area contributed by atoms with Gasteiger partial charge in [0.15, 0.2) is 6.61 Å². The maximum atomic E-state index is 11.3. The summed E-state index contributed by atoms with van der Waals surface area (Å²) < 4.78 is 10.4. The van der Waals surface area contributed by atoms with Crippen molar-refractivity contribution in [2.75, 3.05) is 25.2 Å². The Kier molecular flexibility index (Phi) is 7.50. The molecule has 6 heteroatoms. The third-order valence-corrected chi connectivity index (χ3v) is 7.56. The Morgan fingerprint density at radius 2 is 1.81 bits per heavy atom. The molecule has 0 bridgehead atoms. The van der Waals surface area contributed by atoms with Crippen LogP contribution in [0.4, 0.5) is 0 Å². The highest BCUT2D eigenvalue weighted by molar-refractivity contribution is 8.17. The Hall–Kier alpha value is -1.63. The number of ether oxygens (including phenoxy) is 2. The first-order valence-corrected chi connectivity index (χ1v) is 11.0. The minimum absolute atomic E-state index is 0.0163. The zero-order chi connectivity index (χ0) is 19.1. The molecule has 144 valence electrons. The van der Waals surface area contributed by atoms with Gasteiger partial charge in [-0.15, -0.1) is 23.5 Å². The predicted molar refractivity (Wildman–Crippen MR) is 111 cm³/mol. The molecule has 0 amide bonds. The number of carbonyl (C=O) groups excluding carboxylic acids is 1. The van der Waals surface area contributed by atoms with Gasteiger partial charge in [-0.2, -0.15) is 0 Å². The molecule has 1 aliphatic rings. The molecule has 1 fully saturated rings. The average Bonchev–Trinajstić information content (AvgIpc) is 2.74. The fraction of sp³-hybridized carbons (Fsp3) is 0.381. The zero-order valence-electron chi connectivity index (χ0n) is 15.2. The Morgan fingerprint density at radius 1 is 1.11 bits per heavy atom. The second-order valence-corrected chi connectivity index (χ2v) is 9.08. The summed E-state index contributed by atoms with van der Waals surface area (Å²) in [6.07, 6.45) is 0.553. The van der Waals surface area contributed by atoms with Gasteiger partial charge >= 0.3 is 5.97 Å². The molecule has 0 saturated carbocycles. The Balaban J connectivity index is 1.83. The molecule has 1 aliphatic heterocycles. The van der Waals surface area contributed by atoms with Crippen LogP contribution in [0.2, 0.25) is 0 Å². The normalized spacial score (nSPS) is 17.1. The number of aliphatic hydroxyl groups excluding tert-OH is 1. The molecule has 0 aromatic heterocycles. The lowest BCUT2D eigenvalue weighted by Gasteiger charge is -2.33. The molecule has 4 nitrogen and oxygen atoms in total. The number of thioether (sulfide) groups is 2. The minimum Gasteiger partial charge on any atom is -0.482 e. The van der Waals surface area contributed by atoms with E-state index in [1.807, 2.05) is 59.9 Å². The molecule has 1 N–H and O–H groups in total. The first-order valence-electron chi connectivity index (χ1n) is 8.95. The molecule has 0 aliphatic carbocycles. The van der Waals surface area contributed by atoms with Crippen LogP contribution in [0.15, 0.2) is 54.6 Å². The van der Waals surface area contributed by atoms with Crippen molar-refractivity contribution in [1.29, 1.82) is 0 Å². The Morgan fingerprint density at radius 3 is 2.52 bits per heavy atom. The summed E-state index contributed by atoms with van der Waals surface area (Å²) in [7, 11) is 1.33. The van der Waals surface area contributed by atoms with Gasteiger partial charge in [0.2, 0.25) is 0 Å². The average molecular weight is 405 g/mol. The van der Waals surface area contributed by atoms with Crippen LogP contribution in [0.25, 0.3) is 0 Å². The van der Waals surface area contributed by atoms with Crippen LogP contribution in [0.1, 0.15) is 29.6 Å². The lowest BCUT2D eigenvalue weighted by molar-refractivity contribution is -0.142. The van der Waals surface area contributed by atoms with E-state index in [0.717, 1.165) is 22.6 Å². The van der Waals surface area contributed by atoms with Crippen molar-refractivity contribution in [2.24, 2.45) is 0 Å². The van der Waals surface area contributed by atoms with E-state index in [9.17, 15) is 9.90 Å². The molecular formula is C21H24O4S2. The summed E-state index contributed by atoms with van der Waals surface area (Å²) in [4.78, 5) is 11.3. The largest absolute Gasteiger partial charge is 0.482 e. The van der Waals surface area contributed by atoms with Crippen molar-refractivity contribution in [2.45, 2.75) is 23.0 Å². The third-order valence-electron chi connectivity index (χ3n) is 4.45. The number of hydrogen-bond acceptors (Lipinski definition) is 6. The third kappa shape index (κ3) is 5.43. The molecule has 2 atom stereocenters. The SMILES string of the molecule is COC(=O)COc1cccc(C(O)C(c2ccccc2)C2SCCCS2)c1. The summed E-state index contributed by atoms with van der Waals surface area (Å²) >= 11 is 3.84. The van der Waals surface area contributed by atoms with Gasteiger partial charge in [0.25, 0.3) is 0 Å². The molecular weight excluding hydrogens is 380 g/mol. The van der Waals surface area contributed by atoms with Gasteiger partial charge in [-0.3, -0.25) is 0 Å². The molecule has 1 heterocycles. The van der Waals surface area contributed by atoms with E-state index in [-0.39, 0.29) is 12.5 Å². The van der Waals surface area contributed by atoms with E-state index >= 15 is 0 Å². The zero-order valence-corrected chi connectivity index (χ0v) is 16.9. The van der Waals surface area contributed by atoms with Crippen molar-refractivity contribution < 1.29 is 19.4 Å². The van der Waals surface area contributed by atoms with Gasteiger partial charge in [-0.25, -0.2) is 4.79 Å². The number of aliphatic hydroxyl groups is 1. The van der Waals surface area contributed by atoms with E-state index < -0.39 is 12.1 Å². The van der Waals surface area contributed by atoms with Crippen molar-refractivity contribution in [1.82, 2.24) is 0 Å². The summed E-state index contributed by atoms with van der Waals surface area (Å²) in [5.74, 6) is 2.34. The molecule has 3 rings (SSSR count). The minimum atomic E-state index is -0.655. The van der Waals surface area contributed by atoms with E-state index in [1.54, 1.807) is 6.07 Å². The number of benzene rings is 2. The maximum absolute atomic E-state index is 11.3. The molecule has 2 unspecified atom stereocenters. The van der Waals surface area contributed by atoms with E-state index in [4.69, 9.17) is 4.74 Å². The number of hydrogen-bond donors (Lipinski definition) is 1. The van der Waals surface area contributed by atoms with Crippen LogP contribution in [0, 0.1) is 0 Å². The van der Waals surface area contributed by atoms with Crippen molar-refractivity contribution >= 4 is 29.5 Å². The maximum Gasteiger partial charge on any atom is 0.343 e. The molecule has 2 aromatic rings. The van der Waals surface area contributed by atoms with Crippen LogP contribution in [-0.2, 0) is 9.53 Å². The van der Waals surface area contributed by atoms with Crippen LogP contribution in [-0.4, -0.2) is 40.9 Å². The van der Waals surface area contributed by atoms with Crippen LogP contribution in [0.3, 0.4) is 0 Å². The smallest absolute Gasteiger partial charge is 0.343 e. The van der Waals surface area contributed by atoms with Crippen molar-refractivity contribution in [3.05, 3.63) is 65.7 Å². The van der Waals surface area contributed by atoms with Gasteiger partial charge in [0.1, 0.15) is 5.75 Å². The number of rotatable bonds is 7. The van der Waals surface area contributed by atoms with Gasteiger partial charge in [0.05, 0.1) is 17.8 Å². The Labute approximate surface area is 168 Å². The molecule has 27 heavy (non-hydrogen) atoms. The van der Waals surface area contributed by atoms with E-state index in [2.05, 4.69) is 16.9 Å². The molecule has 1 saturated heterocycles. The monoisotopic (exact) mass is 404 g/mol. The number of carbonyl (C=O) groups is 1. The summed E-state index contributed by atoms with van der Waals surface area (Å²) in [6.45, 7) is -0.146. The van der Waals surface area contributed by atoms with E-state index in [1.165, 1.54) is 13.5 Å². The highest BCUT2D eigenvalue weighted by Crippen LogP contribution is 2.46. The fourth-order valence-corrected chi connectivity index (χ4v) is 6.33. The van der Waals surface area contributed by atoms with Gasteiger partial charge < -0.3 is 14.6 Å². The number of methoxy groups -OCH3 is 1. The quantitative estimate of drug-likeness (QED) is 0.696.